The number of benzene rings is 3. The molecule has 166 valence electrons. The summed E-state index contributed by atoms with van der Waals surface area (Å²) in [4.78, 5) is 39.1. The van der Waals surface area contributed by atoms with Crippen molar-refractivity contribution in [2.75, 3.05) is 15.5 Å². The van der Waals surface area contributed by atoms with Crippen molar-refractivity contribution >= 4 is 81.2 Å². The monoisotopic (exact) mass is 519 g/mol. The molecule has 1 heterocycles. The molecule has 0 aromatic heterocycles. The van der Waals surface area contributed by atoms with Gasteiger partial charge in [0.2, 0.25) is 0 Å². The third kappa shape index (κ3) is 4.84. The van der Waals surface area contributed by atoms with Gasteiger partial charge in [-0.15, -0.1) is 0 Å². The average Bonchev–Trinajstić information content (AvgIpc) is 2.99. The molecular weight excluding hydrogens is 508 g/mol. The summed E-state index contributed by atoms with van der Waals surface area (Å²) in [5.74, 6) is -1.84. The quantitative estimate of drug-likeness (QED) is 0.385. The molecule has 3 aromatic carbocycles. The van der Waals surface area contributed by atoms with Crippen LogP contribution in [0.4, 0.5) is 17.1 Å². The lowest BCUT2D eigenvalue weighted by molar-refractivity contribution is -0.120. The Labute approximate surface area is 208 Å². The molecule has 3 amide bonds. The van der Waals surface area contributed by atoms with Crippen LogP contribution in [0.3, 0.4) is 0 Å². The fraction of sp³-hybridized carbons (Fsp3) is 0. The summed E-state index contributed by atoms with van der Waals surface area (Å²) in [6.45, 7) is 0. The third-order valence-corrected chi connectivity index (χ3v) is 5.79. The molecule has 0 saturated heterocycles. The summed E-state index contributed by atoms with van der Waals surface area (Å²) in [5.41, 5.74) is 1.18. The van der Waals surface area contributed by atoms with Gasteiger partial charge in [0.25, 0.3) is 17.7 Å². The van der Waals surface area contributed by atoms with Crippen LogP contribution in [0.2, 0.25) is 15.1 Å². The molecule has 0 atom stereocenters. The maximum absolute atomic E-state index is 13.0. The second-order valence-corrected chi connectivity index (χ2v) is 8.56. The lowest BCUT2D eigenvalue weighted by atomic mass is 10.1. The highest BCUT2D eigenvalue weighted by atomic mass is 35.5. The normalized spacial score (nSPS) is 13.5. The van der Waals surface area contributed by atoms with Crippen LogP contribution >= 0.6 is 46.4 Å². The largest absolute Gasteiger partial charge is 0.350 e. The number of carbonyl (C=O) groups excluding carboxylic acids is 3. The van der Waals surface area contributed by atoms with Crippen LogP contribution in [0.1, 0.15) is 10.4 Å². The minimum atomic E-state index is -0.747. The molecule has 2 N–H and O–H groups in total. The minimum Gasteiger partial charge on any atom is -0.350 e. The molecule has 1 aliphatic rings. The number of carbonyl (C=O) groups is 3. The molecule has 1 aliphatic heterocycles. The zero-order valence-corrected chi connectivity index (χ0v) is 19.6. The van der Waals surface area contributed by atoms with E-state index in [4.69, 9.17) is 46.4 Å². The summed E-state index contributed by atoms with van der Waals surface area (Å²) in [6, 6.07) is 17.5. The van der Waals surface area contributed by atoms with E-state index in [9.17, 15) is 14.4 Å². The average molecular weight is 521 g/mol. The minimum absolute atomic E-state index is 0.115. The molecule has 33 heavy (non-hydrogen) atoms. The highest BCUT2D eigenvalue weighted by molar-refractivity contribution is 6.54. The molecule has 10 heteroatoms. The second-order valence-electron chi connectivity index (χ2n) is 6.90. The molecule has 4 rings (SSSR count). The predicted molar refractivity (Wildman–Crippen MR) is 131 cm³/mol. The van der Waals surface area contributed by atoms with Crippen molar-refractivity contribution in [1.29, 1.82) is 0 Å². The highest BCUT2D eigenvalue weighted by Gasteiger charge is 2.40. The first kappa shape index (κ1) is 23.1. The van der Waals surface area contributed by atoms with Gasteiger partial charge in [-0.25, -0.2) is 4.90 Å². The van der Waals surface area contributed by atoms with E-state index in [1.807, 2.05) is 0 Å². The van der Waals surface area contributed by atoms with Crippen molar-refractivity contribution < 1.29 is 14.4 Å². The van der Waals surface area contributed by atoms with Gasteiger partial charge >= 0.3 is 0 Å². The van der Waals surface area contributed by atoms with Crippen molar-refractivity contribution in [3.8, 4) is 0 Å². The Balaban J connectivity index is 1.56. The van der Waals surface area contributed by atoms with Crippen molar-refractivity contribution in [2.45, 2.75) is 0 Å². The topological polar surface area (TPSA) is 78.5 Å². The van der Waals surface area contributed by atoms with Crippen molar-refractivity contribution in [3.63, 3.8) is 0 Å². The Morgan fingerprint density at radius 2 is 1.45 bits per heavy atom. The zero-order chi connectivity index (χ0) is 23.7. The lowest BCUT2D eigenvalue weighted by Crippen LogP contribution is -2.32. The Morgan fingerprint density at radius 3 is 2.21 bits per heavy atom. The van der Waals surface area contributed by atoms with E-state index in [0.717, 1.165) is 4.90 Å². The van der Waals surface area contributed by atoms with Crippen molar-refractivity contribution in [1.82, 2.24) is 0 Å². The molecule has 0 spiro atoms. The maximum atomic E-state index is 13.0. The summed E-state index contributed by atoms with van der Waals surface area (Å²) in [5, 5.41) is 6.20. The highest BCUT2D eigenvalue weighted by Crippen LogP contribution is 2.35. The summed E-state index contributed by atoms with van der Waals surface area (Å²) in [7, 11) is 0. The number of hydrogen-bond acceptors (Lipinski definition) is 4. The van der Waals surface area contributed by atoms with Gasteiger partial charge < -0.3 is 10.6 Å². The van der Waals surface area contributed by atoms with E-state index in [1.165, 1.54) is 24.3 Å². The third-order valence-electron chi connectivity index (χ3n) is 4.65. The van der Waals surface area contributed by atoms with Gasteiger partial charge in [0.1, 0.15) is 10.7 Å². The van der Waals surface area contributed by atoms with Crippen LogP contribution in [-0.4, -0.2) is 17.7 Å². The van der Waals surface area contributed by atoms with Crippen LogP contribution in [0, 0.1) is 0 Å². The molecule has 0 saturated carbocycles. The number of imide groups is 1. The number of nitrogens with one attached hydrogen (secondary N) is 2. The van der Waals surface area contributed by atoms with Gasteiger partial charge in [0.15, 0.2) is 0 Å². The van der Waals surface area contributed by atoms with E-state index >= 15 is 0 Å². The lowest BCUT2D eigenvalue weighted by Gasteiger charge is -2.17. The van der Waals surface area contributed by atoms with Crippen LogP contribution in [-0.2, 0) is 9.59 Å². The van der Waals surface area contributed by atoms with Crippen LogP contribution in [0.25, 0.3) is 0 Å². The standard InChI is InChI=1S/C23H13Cl4N3O3/c24-13-4-2-6-16(10-13)29-21(31)12-3-1-5-15(9-12)28-20-19(27)22(32)30(23(20)33)18-11-14(25)7-8-17(18)26/h1-11,28H,(H,29,31). The van der Waals surface area contributed by atoms with E-state index < -0.39 is 11.8 Å². The van der Waals surface area contributed by atoms with Gasteiger partial charge in [-0.1, -0.05) is 58.5 Å². The number of rotatable bonds is 5. The zero-order valence-electron chi connectivity index (χ0n) is 16.5. The smallest absolute Gasteiger partial charge is 0.283 e. The van der Waals surface area contributed by atoms with Gasteiger partial charge in [0, 0.05) is 27.0 Å². The van der Waals surface area contributed by atoms with E-state index in [2.05, 4.69) is 10.6 Å². The summed E-state index contributed by atoms with van der Waals surface area (Å²) < 4.78 is 0. The van der Waals surface area contributed by atoms with E-state index in [1.54, 1.807) is 42.5 Å². The molecule has 0 bridgehead atoms. The molecule has 0 radical (unpaired) electrons. The van der Waals surface area contributed by atoms with Crippen molar-refractivity contribution in [2.24, 2.45) is 0 Å². The summed E-state index contributed by atoms with van der Waals surface area (Å²) >= 11 is 24.3. The number of amides is 3. The molecule has 0 fully saturated rings. The number of halogens is 4. The van der Waals surface area contributed by atoms with Crippen LogP contribution in [0.15, 0.2) is 77.5 Å². The van der Waals surface area contributed by atoms with Gasteiger partial charge in [-0.3, -0.25) is 14.4 Å². The molecular formula is C23H13Cl4N3O3. The van der Waals surface area contributed by atoms with E-state index in [0.29, 0.717) is 27.0 Å². The Bertz CT molecular complexity index is 1340. The predicted octanol–water partition coefficient (Wildman–Crippen LogP) is 6.33. The Kier molecular flexibility index (Phi) is 6.63. The number of nitrogens with zero attached hydrogens (tertiary/aromatic N) is 1. The second kappa shape index (κ2) is 9.45. The fourth-order valence-corrected chi connectivity index (χ4v) is 3.91. The molecule has 6 nitrogen and oxygen atoms in total. The maximum Gasteiger partial charge on any atom is 0.283 e. The SMILES string of the molecule is O=C(Nc1cccc(Cl)c1)c1cccc(NC2=C(Cl)C(=O)N(c3cc(Cl)ccc3Cl)C2=O)c1. The Morgan fingerprint density at radius 1 is 0.758 bits per heavy atom. The number of anilines is 3. The first-order chi connectivity index (χ1) is 15.7. The van der Waals surface area contributed by atoms with Gasteiger partial charge in [-0.05, 0) is 54.6 Å². The Hall–Kier alpha value is -3.03. The first-order valence-electron chi connectivity index (χ1n) is 9.42. The van der Waals surface area contributed by atoms with Crippen LogP contribution in [0.5, 0.6) is 0 Å². The number of hydrogen-bond donors (Lipinski definition) is 2. The molecule has 0 unspecified atom stereocenters. The summed E-state index contributed by atoms with van der Waals surface area (Å²) in [6.07, 6.45) is 0. The van der Waals surface area contributed by atoms with Crippen molar-refractivity contribution in [3.05, 3.63) is 98.1 Å². The molecule has 3 aromatic rings. The first-order valence-corrected chi connectivity index (χ1v) is 10.9. The molecule has 0 aliphatic carbocycles. The fourth-order valence-electron chi connectivity index (χ4n) is 3.14. The van der Waals surface area contributed by atoms with Crippen LogP contribution < -0.4 is 15.5 Å². The van der Waals surface area contributed by atoms with Gasteiger partial charge in [-0.2, -0.15) is 0 Å². The van der Waals surface area contributed by atoms with Gasteiger partial charge in [0.05, 0.1) is 10.7 Å². The van der Waals surface area contributed by atoms with E-state index in [-0.39, 0.29) is 27.3 Å².